The largest absolute Gasteiger partial charge is 0.313 e. The summed E-state index contributed by atoms with van der Waals surface area (Å²) in [7, 11) is -3.32. The van der Waals surface area contributed by atoms with Crippen LogP contribution in [0.4, 0.5) is 0 Å². The van der Waals surface area contributed by atoms with Crippen LogP contribution in [0.5, 0.6) is 0 Å². The number of hydrogen-bond acceptors (Lipinski definition) is 4. The molecule has 0 radical (unpaired) electrons. The molecule has 0 amide bonds. The van der Waals surface area contributed by atoms with Gasteiger partial charge in [0.05, 0.1) is 5.75 Å². The third kappa shape index (κ3) is 5.74. The summed E-state index contributed by atoms with van der Waals surface area (Å²) in [6.07, 6.45) is 3.30. The summed E-state index contributed by atoms with van der Waals surface area (Å²) < 4.78 is 24.5. The summed E-state index contributed by atoms with van der Waals surface area (Å²) in [5.74, 6) is 0.0312. The van der Waals surface area contributed by atoms with E-state index in [9.17, 15) is 8.42 Å². The third-order valence-electron chi connectivity index (χ3n) is 3.55. The van der Waals surface area contributed by atoms with Gasteiger partial charge in [-0.15, -0.1) is 4.83 Å². The molecule has 0 bridgehead atoms. The van der Waals surface area contributed by atoms with Gasteiger partial charge in [0, 0.05) is 19.6 Å². The lowest BCUT2D eigenvalue weighted by molar-refractivity contribution is 0.200. The van der Waals surface area contributed by atoms with E-state index >= 15 is 0 Å². The summed E-state index contributed by atoms with van der Waals surface area (Å²) in [5.41, 5.74) is 1.94. The zero-order valence-electron chi connectivity index (χ0n) is 12.6. The number of sulfonamides is 1. The molecular formula is C15H25N3O2S. The second kappa shape index (κ2) is 7.89. The molecule has 2 N–H and O–H groups in total. The Hall–Kier alpha value is -0.950. The van der Waals surface area contributed by atoms with Crippen LogP contribution in [0.3, 0.4) is 0 Å². The molecule has 0 unspecified atom stereocenters. The molecule has 1 saturated heterocycles. The van der Waals surface area contributed by atoms with Crippen molar-refractivity contribution in [2.24, 2.45) is 0 Å². The summed E-state index contributed by atoms with van der Waals surface area (Å²) >= 11 is 0. The highest BCUT2D eigenvalue weighted by Gasteiger charge is 2.18. The maximum atomic E-state index is 12.2. The minimum Gasteiger partial charge on any atom is -0.313 e. The van der Waals surface area contributed by atoms with E-state index in [0.717, 1.165) is 50.1 Å². The SMILES string of the molecule is CCNCc1cccc(CS(=O)(=O)NN2CCCCC2)c1. The van der Waals surface area contributed by atoms with E-state index in [0.29, 0.717) is 0 Å². The van der Waals surface area contributed by atoms with E-state index in [-0.39, 0.29) is 5.75 Å². The van der Waals surface area contributed by atoms with Gasteiger partial charge in [-0.2, -0.15) is 0 Å². The van der Waals surface area contributed by atoms with Crippen molar-refractivity contribution in [1.29, 1.82) is 0 Å². The van der Waals surface area contributed by atoms with Crippen LogP contribution in [-0.2, 0) is 22.3 Å². The van der Waals surface area contributed by atoms with Crippen LogP contribution < -0.4 is 10.1 Å². The molecule has 1 aliphatic rings. The zero-order chi connectivity index (χ0) is 15.1. The molecule has 1 heterocycles. The summed E-state index contributed by atoms with van der Waals surface area (Å²) in [5, 5.41) is 5.07. The minimum atomic E-state index is -3.32. The van der Waals surface area contributed by atoms with E-state index in [2.05, 4.69) is 17.1 Å². The second-order valence-electron chi connectivity index (χ2n) is 5.50. The van der Waals surface area contributed by atoms with Crippen LogP contribution in [0, 0.1) is 0 Å². The predicted molar refractivity (Wildman–Crippen MR) is 85.0 cm³/mol. The summed E-state index contributed by atoms with van der Waals surface area (Å²) in [6.45, 7) is 5.33. The molecule has 1 fully saturated rings. The first-order chi connectivity index (χ1) is 10.1. The summed E-state index contributed by atoms with van der Waals surface area (Å²) in [6, 6.07) is 7.75. The van der Waals surface area contributed by atoms with Crippen molar-refractivity contribution in [1.82, 2.24) is 15.2 Å². The van der Waals surface area contributed by atoms with Crippen LogP contribution in [0.1, 0.15) is 37.3 Å². The molecule has 0 spiro atoms. The summed E-state index contributed by atoms with van der Waals surface area (Å²) in [4.78, 5) is 2.70. The monoisotopic (exact) mass is 311 g/mol. The van der Waals surface area contributed by atoms with Crippen LogP contribution in [0.25, 0.3) is 0 Å². The number of piperidine rings is 1. The molecule has 0 atom stereocenters. The van der Waals surface area contributed by atoms with Gasteiger partial charge in [-0.3, -0.25) is 0 Å². The highest BCUT2D eigenvalue weighted by molar-refractivity contribution is 7.88. The van der Waals surface area contributed by atoms with Gasteiger partial charge in [0.15, 0.2) is 0 Å². The molecule has 0 saturated carbocycles. The molecule has 1 aromatic rings. The van der Waals surface area contributed by atoms with E-state index in [1.165, 1.54) is 6.42 Å². The Labute approximate surface area is 127 Å². The Balaban J connectivity index is 1.95. The smallest absolute Gasteiger partial charge is 0.228 e. The number of rotatable bonds is 7. The van der Waals surface area contributed by atoms with Crippen LogP contribution in [0.2, 0.25) is 0 Å². The highest BCUT2D eigenvalue weighted by atomic mass is 32.2. The molecule has 2 rings (SSSR count). The van der Waals surface area contributed by atoms with Gasteiger partial charge in [-0.25, -0.2) is 13.4 Å². The molecule has 5 nitrogen and oxygen atoms in total. The molecule has 1 aliphatic heterocycles. The van der Waals surface area contributed by atoms with Gasteiger partial charge < -0.3 is 5.32 Å². The molecule has 0 aromatic heterocycles. The van der Waals surface area contributed by atoms with E-state index in [1.807, 2.05) is 29.3 Å². The second-order valence-corrected chi connectivity index (χ2v) is 7.20. The topological polar surface area (TPSA) is 61.4 Å². The van der Waals surface area contributed by atoms with Gasteiger partial charge in [0.25, 0.3) is 0 Å². The van der Waals surface area contributed by atoms with Gasteiger partial charge in [-0.05, 0) is 30.5 Å². The first-order valence-corrected chi connectivity index (χ1v) is 9.28. The van der Waals surface area contributed by atoms with Crippen LogP contribution in [0.15, 0.2) is 24.3 Å². The Morgan fingerprint density at radius 1 is 1.14 bits per heavy atom. The van der Waals surface area contributed by atoms with Gasteiger partial charge in [-0.1, -0.05) is 37.6 Å². The molecule has 1 aromatic carbocycles. The maximum Gasteiger partial charge on any atom is 0.228 e. The first-order valence-electron chi connectivity index (χ1n) is 7.62. The Morgan fingerprint density at radius 3 is 2.57 bits per heavy atom. The lowest BCUT2D eigenvalue weighted by Gasteiger charge is -2.26. The number of benzene rings is 1. The standard InChI is InChI=1S/C15H25N3O2S/c1-2-16-12-14-7-6-8-15(11-14)13-21(19,20)17-18-9-4-3-5-10-18/h6-8,11,16-17H,2-5,9-10,12-13H2,1H3. The average Bonchev–Trinajstić information content (AvgIpc) is 2.45. The predicted octanol–water partition coefficient (Wildman–Crippen LogP) is 1.62. The van der Waals surface area contributed by atoms with E-state index < -0.39 is 10.0 Å². The average molecular weight is 311 g/mol. The number of nitrogens with zero attached hydrogens (tertiary/aromatic N) is 1. The Morgan fingerprint density at radius 2 is 1.86 bits per heavy atom. The zero-order valence-corrected chi connectivity index (χ0v) is 13.5. The molecule has 21 heavy (non-hydrogen) atoms. The number of hydrogen-bond donors (Lipinski definition) is 2. The van der Waals surface area contributed by atoms with Crippen molar-refractivity contribution in [2.45, 2.75) is 38.5 Å². The Kier molecular flexibility index (Phi) is 6.17. The van der Waals surface area contributed by atoms with Crippen molar-refractivity contribution in [2.75, 3.05) is 19.6 Å². The maximum absolute atomic E-state index is 12.2. The normalized spacial score (nSPS) is 17.0. The highest BCUT2D eigenvalue weighted by Crippen LogP contribution is 2.11. The van der Waals surface area contributed by atoms with Crippen molar-refractivity contribution in [3.63, 3.8) is 0 Å². The first kappa shape index (κ1) is 16.4. The van der Waals surface area contributed by atoms with Crippen LogP contribution in [-0.4, -0.2) is 33.1 Å². The van der Waals surface area contributed by atoms with E-state index in [4.69, 9.17) is 0 Å². The molecular weight excluding hydrogens is 286 g/mol. The quantitative estimate of drug-likeness (QED) is 0.803. The third-order valence-corrected chi connectivity index (χ3v) is 4.80. The van der Waals surface area contributed by atoms with Gasteiger partial charge in [0.2, 0.25) is 10.0 Å². The number of hydrazine groups is 1. The van der Waals surface area contributed by atoms with E-state index in [1.54, 1.807) is 0 Å². The number of nitrogens with one attached hydrogen (secondary N) is 2. The van der Waals surface area contributed by atoms with Crippen molar-refractivity contribution in [3.05, 3.63) is 35.4 Å². The lowest BCUT2D eigenvalue weighted by Crippen LogP contribution is -2.45. The fraction of sp³-hybridized carbons (Fsp3) is 0.600. The Bertz CT molecular complexity index is 540. The lowest BCUT2D eigenvalue weighted by atomic mass is 10.1. The fourth-order valence-corrected chi connectivity index (χ4v) is 3.79. The molecule has 118 valence electrons. The van der Waals surface area contributed by atoms with Gasteiger partial charge >= 0.3 is 0 Å². The van der Waals surface area contributed by atoms with Gasteiger partial charge in [0.1, 0.15) is 0 Å². The molecule has 6 heteroatoms. The van der Waals surface area contributed by atoms with Crippen molar-refractivity contribution in [3.8, 4) is 0 Å². The minimum absolute atomic E-state index is 0.0312. The molecule has 0 aliphatic carbocycles. The van der Waals surface area contributed by atoms with Crippen molar-refractivity contribution >= 4 is 10.0 Å². The van der Waals surface area contributed by atoms with Crippen molar-refractivity contribution < 1.29 is 8.42 Å². The fourth-order valence-electron chi connectivity index (χ4n) is 2.53. The van der Waals surface area contributed by atoms with Crippen LogP contribution >= 0.6 is 0 Å².